The predicted molar refractivity (Wildman–Crippen MR) is 230 cm³/mol. The average Bonchev–Trinajstić information content (AvgIpc) is 3.64. The van der Waals surface area contributed by atoms with Crippen molar-refractivity contribution in [2.24, 2.45) is 0 Å². The normalized spacial score (nSPS) is 14.3. The zero-order valence-corrected chi connectivity index (χ0v) is 32.0. The first-order chi connectivity index (χ1) is 30.1. The molecule has 0 radical (unpaired) electrons. The predicted octanol–water partition coefficient (Wildman–Crippen LogP) is 13.5. The van der Waals surface area contributed by atoms with Gasteiger partial charge in [0.25, 0.3) is 0 Å². The van der Waals surface area contributed by atoms with E-state index in [4.69, 9.17) is 16.0 Å². The van der Waals surface area contributed by atoms with Crippen molar-refractivity contribution in [3.05, 3.63) is 168 Å². The van der Waals surface area contributed by atoms with E-state index in [-0.39, 0.29) is 28.6 Å². The molecule has 8 aromatic rings. The van der Waals surface area contributed by atoms with Crippen molar-refractivity contribution >= 4 is 11.0 Å². The topological polar surface area (TPSA) is 50.9 Å². The van der Waals surface area contributed by atoms with Crippen molar-refractivity contribution in [2.75, 3.05) is 0 Å². The summed E-state index contributed by atoms with van der Waals surface area (Å²) in [7, 11) is 0. The monoisotopic (exact) mass is 726 g/mol. The second-order valence-electron chi connectivity index (χ2n) is 15.3. The molecule has 8 rings (SSSR count). The van der Waals surface area contributed by atoms with Gasteiger partial charge in [-0.15, -0.1) is 0 Å². The van der Waals surface area contributed by atoms with Gasteiger partial charge in [-0.05, 0) is 118 Å². The Morgan fingerprint density at radius 3 is 2.22 bits per heavy atom. The van der Waals surface area contributed by atoms with Crippen LogP contribution >= 0.6 is 0 Å². The van der Waals surface area contributed by atoms with E-state index in [2.05, 4.69) is 30.3 Å². The first-order valence-electron chi connectivity index (χ1n) is 22.8. The SMILES string of the molecule is [2H]c1nc(-c2cc(-c3cccc4c3nc(-c3cc(C)cc(C)c3O)n4-c3ccc(C([2H])(C)C)cc3-c3ccccc3)cc(C(C)(C)C)c2)c([2H])c(-c2c([2H])c([2H])c([2H])c([2H])c2[2H])c1[2H]. The van der Waals surface area contributed by atoms with E-state index >= 15 is 0 Å². The number of hydrogen-bond acceptors (Lipinski definition) is 3. The van der Waals surface area contributed by atoms with Crippen LogP contribution in [0.5, 0.6) is 5.75 Å². The lowest BCUT2D eigenvalue weighted by Gasteiger charge is -2.22. The number of aromatic nitrogens is 3. The number of phenolic OH excluding ortho intramolecular Hbond substituents is 1. The van der Waals surface area contributed by atoms with Crippen molar-refractivity contribution < 1.29 is 17.4 Å². The number of phenols is 1. The van der Waals surface area contributed by atoms with Crippen LogP contribution in [0.1, 0.15) is 75.1 Å². The van der Waals surface area contributed by atoms with Gasteiger partial charge < -0.3 is 5.11 Å². The summed E-state index contributed by atoms with van der Waals surface area (Å²) in [4.78, 5) is 9.82. The van der Waals surface area contributed by atoms with Gasteiger partial charge in [-0.25, -0.2) is 4.98 Å². The van der Waals surface area contributed by atoms with E-state index in [1.807, 2.05) is 125 Å². The number of imidazole rings is 1. The fraction of sp³-hybridized carbons (Fsp3) is 0.176. The molecule has 6 aromatic carbocycles. The zero-order chi connectivity index (χ0) is 46.3. The highest BCUT2D eigenvalue weighted by molar-refractivity contribution is 5.98. The molecule has 0 bridgehead atoms. The van der Waals surface area contributed by atoms with Gasteiger partial charge in [0.15, 0.2) is 0 Å². The average molecular weight is 727 g/mol. The van der Waals surface area contributed by atoms with E-state index < -0.39 is 53.7 Å². The van der Waals surface area contributed by atoms with Crippen LogP contribution in [0.25, 0.3) is 72.7 Å². The molecule has 2 aromatic heterocycles. The molecule has 0 atom stereocenters. The fourth-order valence-electron chi connectivity index (χ4n) is 7.09. The van der Waals surface area contributed by atoms with Gasteiger partial charge in [0, 0.05) is 24.2 Å². The Morgan fingerprint density at radius 2 is 1.47 bits per heavy atom. The van der Waals surface area contributed by atoms with Crippen LogP contribution in [0.2, 0.25) is 0 Å². The molecule has 272 valence electrons. The number of fused-ring (bicyclic) bond motifs is 1. The molecule has 2 heterocycles. The van der Waals surface area contributed by atoms with Crippen LogP contribution in [0, 0.1) is 13.8 Å². The summed E-state index contributed by atoms with van der Waals surface area (Å²) in [6.45, 7) is 13.7. The zero-order valence-electron chi connectivity index (χ0n) is 41.0. The number of pyridine rings is 1. The lowest BCUT2D eigenvalue weighted by Crippen LogP contribution is -2.11. The molecule has 0 saturated heterocycles. The molecule has 1 N–H and O–H groups in total. The number of hydrogen-bond donors (Lipinski definition) is 1. The summed E-state index contributed by atoms with van der Waals surface area (Å²) in [5.41, 5.74) is 8.62. The molecule has 4 nitrogen and oxygen atoms in total. The fourth-order valence-corrected chi connectivity index (χ4v) is 7.09. The first-order valence-corrected chi connectivity index (χ1v) is 18.3. The van der Waals surface area contributed by atoms with Gasteiger partial charge in [-0.1, -0.05) is 125 Å². The number of rotatable bonds is 7. The number of nitrogens with zero attached hydrogens (tertiary/aromatic N) is 3. The number of aromatic hydroxyl groups is 1. The Balaban J connectivity index is 1.45. The lowest BCUT2D eigenvalue weighted by atomic mass is 9.83. The van der Waals surface area contributed by atoms with E-state index in [1.165, 1.54) is 0 Å². The van der Waals surface area contributed by atoms with Crippen LogP contribution in [0.4, 0.5) is 0 Å². The minimum atomic E-state index is -0.887. The maximum Gasteiger partial charge on any atom is 0.149 e. The summed E-state index contributed by atoms with van der Waals surface area (Å²) >= 11 is 0. The maximum absolute atomic E-state index is 11.7. The molecular weight excluding hydrogens is 671 g/mol. The molecule has 0 aliphatic carbocycles. The third kappa shape index (κ3) is 6.85. The highest BCUT2D eigenvalue weighted by atomic mass is 16.3. The summed E-state index contributed by atoms with van der Waals surface area (Å²) in [5.74, 6) is -0.294. The Hall–Kier alpha value is -6.26. The lowest BCUT2D eigenvalue weighted by molar-refractivity contribution is 0.472. The highest BCUT2D eigenvalue weighted by Crippen LogP contribution is 2.43. The van der Waals surface area contributed by atoms with Gasteiger partial charge in [0.05, 0.1) is 38.9 Å². The molecule has 0 aliphatic heterocycles. The molecule has 0 spiro atoms. The standard InChI is InChI=1S/C51H47N3O/c1-32(2)37-21-22-46(43(30-37)36-17-12-9-13-18-36)54-47-20-14-19-42(48(47)53-50(54)44-26-33(3)25-34(4)49(44)55)39-27-40(29-41(28-39)51(5,6)7)45-31-38(23-24-52-45)35-15-10-8-11-16-35/h8-32,55H,1-7H3/i8D,10D,11D,15D,16D,23D,24D,31D,32D. The van der Waals surface area contributed by atoms with Gasteiger partial charge in [-0.3, -0.25) is 9.55 Å². The maximum atomic E-state index is 11.7. The highest BCUT2D eigenvalue weighted by Gasteiger charge is 2.24. The van der Waals surface area contributed by atoms with Gasteiger partial charge in [0.2, 0.25) is 0 Å². The second kappa shape index (κ2) is 14.2. The van der Waals surface area contributed by atoms with Crippen LogP contribution < -0.4 is 0 Å². The Morgan fingerprint density at radius 1 is 0.709 bits per heavy atom. The van der Waals surface area contributed by atoms with E-state index in [9.17, 15) is 6.48 Å². The summed E-state index contributed by atoms with van der Waals surface area (Å²) in [6.07, 6.45) is -0.511. The summed E-state index contributed by atoms with van der Waals surface area (Å²) < 4.78 is 80.1. The number of aryl methyl sites for hydroxylation is 2. The van der Waals surface area contributed by atoms with Crippen LogP contribution in [0.15, 0.2) is 146 Å². The molecule has 0 aliphatic rings. The van der Waals surface area contributed by atoms with Crippen molar-refractivity contribution in [1.29, 1.82) is 0 Å². The summed E-state index contributed by atoms with van der Waals surface area (Å²) in [5, 5.41) is 11.7. The van der Waals surface area contributed by atoms with E-state index in [1.54, 1.807) is 0 Å². The van der Waals surface area contributed by atoms with Crippen molar-refractivity contribution in [3.63, 3.8) is 0 Å². The largest absolute Gasteiger partial charge is 0.507 e. The van der Waals surface area contributed by atoms with Gasteiger partial charge in [-0.2, -0.15) is 0 Å². The smallest absolute Gasteiger partial charge is 0.149 e. The third-order valence-corrected chi connectivity index (χ3v) is 10.00. The van der Waals surface area contributed by atoms with Crippen LogP contribution in [0.3, 0.4) is 0 Å². The molecular formula is C51H47N3O. The Labute approximate surface area is 337 Å². The minimum Gasteiger partial charge on any atom is -0.507 e. The minimum absolute atomic E-state index is 0.0126. The van der Waals surface area contributed by atoms with Crippen LogP contribution in [-0.4, -0.2) is 19.6 Å². The molecule has 55 heavy (non-hydrogen) atoms. The van der Waals surface area contributed by atoms with Gasteiger partial charge in [0.1, 0.15) is 11.6 Å². The van der Waals surface area contributed by atoms with Crippen molar-refractivity contribution in [1.82, 2.24) is 14.5 Å². The van der Waals surface area contributed by atoms with Crippen molar-refractivity contribution in [3.8, 4) is 67.5 Å². The first kappa shape index (κ1) is 26.5. The van der Waals surface area contributed by atoms with E-state index in [0.717, 1.165) is 44.6 Å². The van der Waals surface area contributed by atoms with Crippen molar-refractivity contribution in [2.45, 2.75) is 59.8 Å². The second-order valence-corrected chi connectivity index (χ2v) is 15.3. The number of benzene rings is 6. The molecule has 4 heteroatoms. The molecule has 0 saturated carbocycles. The van der Waals surface area contributed by atoms with E-state index in [0.29, 0.717) is 33.6 Å². The molecule has 0 unspecified atom stereocenters. The molecule has 0 fully saturated rings. The van der Waals surface area contributed by atoms with Gasteiger partial charge >= 0.3 is 0 Å². The summed E-state index contributed by atoms with van der Waals surface area (Å²) in [6, 6.07) is 27.6. The number of para-hydroxylation sites is 1. The Kier molecular flexibility index (Phi) is 6.84. The molecule has 0 amide bonds. The Bertz CT molecular complexity index is 3170. The third-order valence-electron chi connectivity index (χ3n) is 10.00. The van der Waals surface area contributed by atoms with Crippen LogP contribution in [-0.2, 0) is 5.41 Å². The quantitative estimate of drug-likeness (QED) is 0.178.